The molecule has 1 saturated heterocycles. The molecule has 5 nitrogen and oxygen atoms in total. The van der Waals surface area contributed by atoms with Gasteiger partial charge in [-0.3, -0.25) is 4.98 Å². The van der Waals surface area contributed by atoms with Gasteiger partial charge in [0.1, 0.15) is 5.52 Å². The van der Waals surface area contributed by atoms with Crippen molar-refractivity contribution in [3.63, 3.8) is 0 Å². The zero-order chi connectivity index (χ0) is 17.1. The van der Waals surface area contributed by atoms with Gasteiger partial charge >= 0.3 is 0 Å². The predicted molar refractivity (Wildman–Crippen MR) is 102 cm³/mol. The minimum Gasteiger partial charge on any atom is -0.368 e. The van der Waals surface area contributed by atoms with Crippen molar-refractivity contribution < 1.29 is 0 Å². The van der Waals surface area contributed by atoms with Gasteiger partial charge in [0.15, 0.2) is 5.82 Å². The van der Waals surface area contributed by atoms with Crippen LogP contribution in [0.15, 0.2) is 42.7 Å². The second-order valence-corrected chi connectivity index (χ2v) is 6.82. The molecule has 1 aromatic carbocycles. The highest BCUT2D eigenvalue weighted by Crippen LogP contribution is 2.27. The molecule has 0 saturated carbocycles. The van der Waals surface area contributed by atoms with Crippen molar-refractivity contribution >= 4 is 28.5 Å². The average Bonchev–Trinajstić information content (AvgIpc) is 2.67. The van der Waals surface area contributed by atoms with Crippen LogP contribution in [0.3, 0.4) is 0 Å². The standard InChI is InChI=1S/C19H20ClN5/c20-15-5-1-4-14(9-15)16-10-17-18(23-8-7-22-17)19(25-16)24-12-13-3-2-6-21-11-13/h1,4-5,7-10,13,21H,2-3,6,11-12H2,(H,24,25). The van der Waals surface area contributed by atoms with E-state index in [2.05, 4.69) is 20.6 Å². The summed E-state index contributed by atoms with van der Waals surface area (Å²) in [5, 5.41) is 7.64. The number of aromatic nitrogens is 3. The Labute approximate surface area is 151 Å². The van der Waals surface area contributed by atoms with Crippen LogP contribution in [0, 0.1) is 5.92 Å². The Balaban J connectivity index is 1.68. The van der Waals surface area contributed by atoms with Crippen molar-refractivity contribution in [3.05, 3.63) is 47.7 Å². The molecule has 1 atom stereocenters. The Bertz CT molecular complexity index is 877. The Morgan fingerprint density at radius 3 is 2.96 bits per heavy atom. The maximum absolute atomic E-state index is 6.14. The van der Waals surface area contributed by atoms with Gasteiger partial charge in [-0.05, 0) is 50.0 Å². The molecule has 0 bridgehead atoms. The summed E-state index contributed by atoms with van der Waals surface area (Å²) in [6.45, 7) is 3.04. The van der Waals surface area contributed by atoms with Gasteiger partial charge in [0.2, 0.25) is 0 Å². The van der Waals surface area contributed by atoms with E-state index >= 15 is 0 Å². The molecule has 0 spiro atoms. The number of piperidine rings is 1. The van der Waals surface area contributed by atoms with Gasteiger partial charge in [-0.25, -0.2) is 9.97 Å². The summed E-state index contributed by atoms with van der Waals surface area (Å²) in [4.78, 5) is 13.7. The van der Waals surface area contributed by atoms with Gasteiger partial charge in [0, 0.05) is 29.5 Å². The molecule has 0 amide bonds. The molecule has 2 N–H and O–H groups in total. The summed E-state index contributed by atoms with van der Waals surface area (Å²) in [7, 11) is 0. The van der Waals surface area contributed by atoms with Gasteiger partial charge in [-0.1, -0.05) is 23.7 Å². The molecule has 4 rings (SSSR count). The monoisotopic (exact) mass is 353 g/mol. The maximum atomic E-state index is 6.14. The van der Waals surface area contributed by atoms with Crippen LogP contribution in [0.4, 0.5) is 5.82 Å². The first-order chi connectivity index (χ1) is 12.3. The number of hydrogen-bond donors (Lipinski definition) is 2. The van der Waals surface area contributed by atoms with E-state index < -0.39 is 0 Å². The number of nitrogens with one attached hydrogen (secondary N) is 2. The van der Waals surface area contributed by atoms with Crippen LogP contribution in [0.25, 0.3) is 22.3 Å². The van der Waals surface area contributed by atoms with E-state index in [1.54, 1.807) is 12.4 Å². The zero-order valence-corrected chi connectivity index (χ0v) is 14.6. The van der Waals surface area contributed by atoms with Crippen LogP contribution >= 0.6 is 11.6 Å². The molecular formula is C19H20ClN5. The van der Waals surface area contributed by atoms with Crippen LogP contribution in [0.2, 0.25) is 5.02 Å². The normalized spacial score (nSPS) is 17.6. The molecule has 6 heteroatoms. The van der Waals surface area contributed by atoms with Gasteiger partial charge in [0.25, 0.3) is 0 Å². The van der Waals surface area contributed by atoms with E-state index in [0.29, 0.717) is 10.9 Å². The fourth-order valence-corrected chi connectivity index (χ4v) is 3.42. The second kappa shape index (κ2) is 7.33. The lowest BCUT2D eigenvalue weighted by Gasteiger charge is -2.23. The summed E-state index contributed by atoms with van der Waals surface area (Å²) in [6, 6.07) is 9.68. The summed E-state index contributed by atoms with van der Waals surface area (Å²) < 4.78 is 0. The molecule has 3 heterocycles. The molecule has 0 radical (unpaired) electrons. The summed E-state index contributed by atoms with van der Waals surface area (Å²) in [6.07, 6.45) is 5.87. The van der Waals surface area contributed by atoms with Crippen LogP contribution in [-0.4, -0.2) is 34.6 Å². The first-order valence-corrected chi connectivity index (χ1v) is 9.00. The second-order valence-electron chi connectivity index (χ2n) is 6.38. The third-order valence-corrected chi connectivity index (χ3v) is 4.77. The van der Waals surface area contributed by atoms with Crippen molar-refractivity contribution in [1.29, 1.82) is 0 Å². The largest absolute Gasteiger partial charge is 0.368 e. The van der Waals surface area contributed by atoms with Crippen molar-refractivity contribution in [1.82, 2.24) is 20.3 Å². The molecule has 2 aromatic heterocycles. The fraction of sp³-hybridized carbons (Fsp3) is 0.316. The van der Waals surface area contributed by atoms with Crippen molar-refractivity contribution in [2.45, 2.75) is 12.8 Å². The highest BCUT2D eigenvalue weighted by Gasteiger charge is 2.15. The number of fused-ring (bicyclic) bond motifs is 1. The van der Waals surface area contributed by atoms with Crippen molar-refractivity contribution in [3.8, 4) is 11.3 Å². The molecule has 128 valence electrons. The fourth-order valence-electron chi connectivity index (χ4n) is 3.23. The van der Waals surface area contributed by atoms with Gasteiger partial charge < -0.3 is 10.6 Å². The predicted octanol–water partition coefficient (Wildman–Crippen LogP) is 3.76. The van der Waals surface area contributed by atoms with E-state index in [9.17, 15) is 0 Å². The first-order valence-electron chi connectivity index (χ1n) is 8.62. The Morgan fingerprint density at radius 2 is 2.12 bits per heavy atom. The van der Waals surface area contributed by atoms with E-state index in [4.69, 9.17) is 16.6 Å². The number of anilines is 1. The Kier molecular flexibility index (Phi) is 4.76. The summed E-state index contributed by atoms with van der Waals surface area (Å²) in [5.41, 5.74) is 3.45. The molecule has 25 heavy (non-hydrogen) atoms. The zero-order valence-electron chi connectivity index (χ0n) is 13.9. The van der Waals surface area contributed by atoms with Crippen LogP contribution in [-0.2, 0) is 0 Å². The average molecular weight is 354 g/mol. The van der Waals surface area contributed by atoms with Crippen molar-refractivity contribution in [2.24, 2.45) is 5.92 Å². The topological polar surface area (TPSA) is 62.7 Å². The first kappa shape index (κ1) is 16.2. The highest BCUT2D eigenvalue weighted by molar-refractivity contribution is 6.30. The molecule has 1 aliphatic heterocycles. The molecule has 3 aromatic rings. The molecular weight excluding hydrogens is 334 g/mol. The number of halogens is 1. The lowest BCUT2D eigenvalue weighted by molar-refractivity contribution is 0.392. The van der Waals surface area contributed by atoms with Crippen molar-refractivity contribution in [2.75, 3.05) is 25.0 Å². The summed E-state index contributed by atoms with van der Waals surface area (Å²) in [5.74, 6) is 1.39. The smallest absolute Gasteiger partial charge is 0.154 e. The molecule has 0 aliphatic carbocycles. The number of pyridine rings is 1. The molecule has 1 aliphatic rings. The van der Waals surface area contributed by atoms with Gasteiger partial charge in [0.05, 0.1) is 11.2 Å². The third kappa shape index (κ3) is 3.72. The van der Waals surface area contributed by atoms with Crippen LogP contribution in [0.5, 0.6) is 0 Å². The number of rotatable bonds is 4. The minimum atomic E-state index is 0.608. The van der Waals surface area contributed by atoms with E-state index in [0.717, 1.165) is 47.7 Å². The number of nitrogens with zero attached hydrogens (tertiary/aromatic N) is 3. The van der Waals surface area contributed by atoms with Crippen LogP contribution < -0.4 is 10.6 Å². The Hall–Kier alpha value is -2.24. The highest BCUT2D eigenvalue weighted by atomic mass is 35.5. The molecule has 1 fully saturated rings. The lowest BCUT2D eigenvalue weighted by atomic mass is 10.00. The summed E-state index contributed by atoms with van der Waals surface area (Å²) >= 11 is 6.14. The van der Waals surface area contributed by atoms with E-state index in [1.165, 1.54) is 12.8 Å². The maximum Gasteiger partial charge on any atom is 0.154 e. The Morgan fingerprint density at radius 1 is 1.20 bits per heavy atom. The number of benzene rings is 1. The van der Waals surface area contributed by atoms with E-state index in [1.807, 2.05) is 30.3 Å². The van der Waals surface area contributed by atoms with E-state index in [-0.39, 0.29) is 0 Å². The van der Waals surface area contributed by atoms with Crippen LogP contribution in [0.1, 0.15) is 12.8 Å². The SMILES string of the molecule is Clc1cccc(-c2cc3nccnc3c(NCC3CCCNC3)n2)c1. The lowest BCUT2D eigenvalue weighted by Crippen LogP contribution is -2.33. The quantitative estimate of drug-likeness (QED) is 0.747. The number of hydrogen-bond acceptors (Lipinski definition) is 5. The third-order valence-electron chi connectivity index (χ3n) is 4.53. The van der Waals surface area contributed by atoms with Gasteiger partial charge in [-0.15, -0.1) is 0 Å². The van der Waals surface area contributed by atoms with Gasteiger partial charge in [-0.2, -0.15) is 0 Å². The molecule has 1 unspecified atom stereocenters. The minimum absolute atomic E-state index is 0.608.